The van der Waals surface area contributed by atoms with E-state index in [1.54, 1.807) is 30.3 Å². The average Bonchev–Trinajstić information content (AvgIpc) is 3.29. The van der Waals surface area contributed by atoms with Crippen LogP contribution in [0.3, 0.4) is 0 Å². The zero-order chi connectivity index (χ0) is 22.6. The smallest absolute Gasteiger partial charge is 0.289 e. The molecule has 1 aromatic heterocycles. The third kappa shape index (κ3) is 7.27. The Balaban J connectivity index is 1.46. The van der Waals surface area contributed by atoms with Crippen LogP contribution in [0.15, 0.2) is 59.7 Å². The molecule has 168 valence electrons. The van der Waals surface area contributed by atoms with E-state index in [9.17, 15) is 9.90 Å². The Morgan fingerprint density at radius 1 is 1.09 bits per heavy atom. The molecule has 32 heavy (non-hydrogen) atoms. The third-order valence-corrected chi connectivity index (χ3v) is 4.99. The lowest BCUT2D eigenvalue weighted by Crippen LogP contribution is -2.17. The molecule has 0 aliphatic heterocycles. The lowest BCUT2D eigenvalue weighted by Gasteiger charge is -2.06. The molecular formula is C25H30N4O3. The van der Waals surface area contributed by atoms with Gasteiger partial charge in [0.05, 0.1) is 18.5 Å². The molecule has 1 heterocycles. The largest absolute Gasteiger partial charge is 0.508 e. The summed E-state index contributed by atoms with van der Waals surface area (Å²) >= 11 is 0. The van der Waals surface area contributed by atoms with Crippen LogP contribution in [-0.4, -0.2) is 34.0 Å². The van der Waals surface area contributed by atoms with Crippen molar-refractivity contribution >= 4 is 12.1 Å². The number of unbranched alkanes of at least 4 members (excludes halogenated alkanes) is 5. The van der Waals surface area contributed by atoms with E-state index in [-0.39, 0.29) is 5.75 Å². The van der Waals surface area contributed by atoms with Gasteiger partial charge in [-0.1, -0.05) is 51.2 Å². The fourth-order valence-corrected chi connectivity index (χ4v) is 3.21. The standard InChI is InChI=1S/C25H30N4O3/c1-2-3-4-5-6-7-15-32-22-13-11-20(12-14-22)23-17-24(28-27-23)25(31)29-26-18-19-9-8-10-21(30)16-19/h8-14,16-18,30H,2-7,15H2,1H3,(H,27,28)(H,29,31). The monoisotopic (exact) mass is 434 g/mol. The van der Waals surface area contributed by atoms with Gasteiger partial charge in [0.2, 0.25) is 0 Å². The average molecular weight is 435 g/mol. The molecule has 0 aliphatic carbocycles. The van der Waals surface area contributed by atoms with E-state index in [1.807, 2.05) is 24.3 Å². The van der Waals surface area contributed by atoms with E-state index >= 15 is 0 Å². The third-order valence-electron chi connectivity index (χ3n) is 4.99. The number of rotatable bonds is 12. The van der Waals surface area contributed by atoms with Gasteiger partial charge in [0.25, 0.3) is 5.91 Å². The van der Waals surface area contributed by atoms with Gasteiger partial charge in [-0.15, -0.1) is 0 Å². The molecule has 0 fully saturated rings. The first kappa shape index (κ1) is 23.1. The number of benzene rings is 2. The zero-order valence-electron chi connectivity index (χ0n) is 18.4. The molecule has 7 nitrogen and oxygen atoms in total. The van der Waals surface area contributed by atoms with Crippen LogP contribution < -0.4 is 10.2 Å². The number of amides is 1. The van der Waals surface area contributed by atoms with Crippen LogP contribution in [0.2, 0.25) is 0 Å². The lowest BCUT2D eigenvalue weighted by atomic mass is 10.1. The van der Waals surface area contributed by atoms with Crippen LogP contribution in [-0.2, 0) is 0 Å². The van der Waals surface area contributed by atoms with Crippen molar-refractivity contribution in [2.45, 2.75) is 45.4 Å². The topological polar surface area (TPSA) is 99.6 Å². The van der Waals surface area contributed by atoms with E-state index in [0.717, 1.165) is 24.3 Å². The van der Waals surface area contributed by atoms with Gasteiger partial charge in [-0.05, 0) is 54.4 Å². The van der Waals surface area contributed by atoms with Gasteiger partial charge in [0.1, 0.15) is 17.2 Å². The fraction of sp³-hybridized carbons (Fsp3) is 0.320. The lowest BCUT2D eigenvalue weighted by molar-refractivity contribution is 0.0950. The number of aromatic hydroxyl groups is 1. The van der Waals surface area contributed by atoms with Crippen molar-refractivity contribution in [3.05, 3.63) is 65.9 Å². The molecule has 0 spiro atoms. The molecule has 0 saturated carbocycles. The van der Waals surface area contributed by atoms with E-state index in [4.69, 9.17) is 4.74 Å². The van der Waals surface area contributed by atoms with E-state index in [2.05, 4.69) is 27.6 Å². The number of H-pyrrole nitrogens is 1. The molecule has 3 N–H and O–H groups in total. The SMILES string of the molecule is CCCCCCCCOc1ccc(-c2cc(C(=O)NN=Cc3cccc(O)c3)[nH]n2)cc1. The summed E-state index contributed by atoms with van der Waals surface area (Å²) in [4.78, 5) is 12.3. The molecule has 1 amide bonds. The fourth-order valence-electron chi connectivity index (χ4n) is 3.21. The predicted octanol–water partition coefficient (Wildman–Crippen LogP) is 5.29. The van der Waals surface area contributed by atoms with Crippen molar-refractivity contribution in [2.75, 3.05) is 6.61 Å². The van der Waals surface area contributed by atoms with Crippen LogP contribution in [0.5, 0.6) is 11.5 Å². The van der Waals surface area contributed by atoms with Crippen molar-refractivity contribution in [3.63, 3.8) is 0 Å². The van der Waals surface area contributed by atoms with Gasteiger partial charge in [-0.3, -0.25) is 9.89 Å². The molecular weight excluding hydrogens is 404 g/mol. The number of hydrogen-bond donors (Lipinski definition) is 3. The van der Waals surface area contributed by atoms with Crippen LogP contribution >= 0.6 is 0 Å². The molecule has 0 saturated heterocycles. The second-order valence-corrected chi connectivity index (χ2v) is 7.60. The van der Waals surface area contributed by atoms with Gasteiger partial charge in [0.15, 0.2) is 0 Å². The predicted molar refractivity (Wildman–Crippen MR) is 126 cm³/mol. The van der Waals surface area contributed by atoms with Crippen molar-refractivity contribution in [2.24, 2.45) is 5.10 Å². The Labute approximate surface area is 188 Å². The summed E-state index contributed by atoms with van der Waals surface area (Å²) in [5.41, 5.74) is 4.97. The molecule has 0 unspecified atom stereocenters. The summed E-state index contributed by atoms with van der Waals surface area (Å²) in [6.45, 7) is 2.95. The number of phenols is 1. The number of carbonyl (C=O) groups excluding carboxylic acids is 1. The minimum absolute atomic E-state index is 0.136. The first-order valence-corrected chi connectivity index (χ1v) is 11.1. The number of nitrogens with one attached hydrogen (secondary N) is 2. The van der Waals surface area contributed by atoms with Crippen LogP contribution in [0.4, 0.5) is 0 Å². The number of carbonyl (C=O) groups is 1. The van der Waals surface area contributed by atoms with Crippen LogP contribution in [0, 0.1) is 0 Å². The molecule has 0 aliphatic rings. The highest BCUT2D eigenvalue weighted by Crippen LogP contribution is 2.21. The summed E-state index contributed by atoms with van der Waals surface area (Å²) in [7, 11) is 0. The number of ether oxygens (including phenoxy) is 1. The van der Waals surface area contributed by atoms with Gasteiger partial charge < -0.3 is 9.84 Å². The second kappa shape index (κ2) is 12.3. The number of nitrogens with zero attached hydrogens (tertiary/aromatic N) is 2. The molecule has 3 rings (SSSR count). The molecule has 0 radical (unpaired) electrons. The zero-order valence-corrected chi connectivity index (χ0v) is 18.4. The van der Waals surface area contributed by atoms with Crippen molar-refractivity contribution in [3.8, 4) is 22.8 Å². The Bertz CT molecular complexity index is 1010. The number of phenolic OH excluding ortho intramolecular Hbond substituents is 1. The highest BCUT2D eigenvalue weighted by molar-refractivity contribution is 5.94. The number of hydrazone groups is 1. The second-order valence-electron chi connectivity index (χ2n) is 7.60. The van der Waals surface area contributed by atoms with Gasteiger partial charge in [0, 0.05) is 5.56 Å². The summed E-state index contributed by atoms with van der Waals surface area (Å²) in [5, 5.41) is 20.3. The van der Waals surface area contributed by atoms with Crippen LogP contribution in [0.25, 0.3) is 11.3 Å². The Hall–Kier alpha value is -3.61. The maximum absolute atomic E-state index is 12.3. The maximum Gasteiger partial charge on any atom is 0.289 e. The molecule has 2 aromatic carbocycles. The maximum atomic E-state index is 12.3. The highest BCUT2D eigenvalue weighted by Gasteiger charge is 2.10. The summed E-state index contributed by atoms with van der Waals surface area (Å²) < 4.78 is 5.81. The summed E-state index contributed by atoms with van der Waals surface area (Å²) in [5.74, 6) is 0.563. The van der Waals surface area contributed by atoms with E-state index < -0.39 is 5.91 Å². The number of hydrogen-bond acceptors (Lipinski definition) is 5. The molecule has 0 bridgehead atoms. The number of aromatic amines is 1. The van der Waals surface area contributed by atoms with Gasteiger partial charge in [-0.25, -0.2) is 5.43 Å². The minimum Gasteiger partial charge on any atom is -0.508 e. The molecule has 7 heteroatoms. The number of aromatic nitrogens is 2. The van der Waals surface area contributed by atoms with Crippen molar-refractivity contribution < 1.29 is 14.6 Å². The summed E-state index contributed by atoms with van der Waals surface area (Å²) in [6.07, 6.45) is 8.87. The first-order valence-electron chi connectivity index (χ1n) is 11.1. The van der Waals surface area contributed by atoms with Crippen molar-refractivity contribution in [1.29, 1.82) is 0 Å². The minimum atomic E-state index is -0.404. The molecule has 0 atom stereocenters. The Morgan fingerprint density at radius 2 is 1.88 bits per heavy atom. The van der Waals surface area contributed by atoms with Gasteiger partial charge >= 0.3 is 0 Å². The van der Waals surface area contributed by atoms with Crippen LogP contribution in [0.1, 0.15) is 61.5 Å². The summed E-state index contributed by atoms with van der Waals surface area (Å²) in [6, 6.07) is 15.9. The quantitative estimate of drug-likeness (QED) is 0.205. The van der Waals surface area contributed by atoms with Crippen molar-refractivity contribution in [1.82, 2.24) is 15.6 Å². The van der Waals surface area contributed by atoms with E-state index in [0.29, 0.717) is 17.0 Å². The van der Waals surface area contributed by atoms with E-state index in [1.165, 1.54) is 38.3 Å². The normalized spacial score (nSPS) is 11.0. The first-order chi connectivity index (χ1) is 15.7. The molecule has 3 aromatic rings. The Morgan fingerprint density at radius 3 is 2.66 bits per heavy atom. The van der Waals surface area contributed by atoms with Gasteiger partial charge in [-0.2, -0.15) is 10.2 Å². The Kier molecular flexibility index (Phi) is 8.86. The highest BCUT2D eigenvalue weighted by atomic mass is 16.5.